The molecule has 3 aromatic rings. The molecule has 0 aromatic heterocycles. The quantitative estimate of drug-likeness (QED) is 0.275. The van der Waals surface area contributed by atoms with Crippen LogP contribution >= 0.6 is 27.7 Å². The fourth-order valence-corrected chi connectivity index (χ4v) is 4.84. The van der Waals surface area contributed by atoms with Crippen molar-refractivity contribution >= 4 is 39.5 Å². The molecule has 190 valence electrons. The SMILES string of the molecule is CC[C@H](C)NC(=O)[C@@H](Cc1ccccc1)N(Cc1ccc(Br)cc1)C(=O)CSCc1ccc(F)cc1. The van der Waals surface area contributed by atoms with Crippen molar-refractivity contribution in [1.29, 1.82) is 0 Å². The summed E-state index contributed by atoms with van der Waals surface area (Å²) in [6.45, 7) is 4.32. The number of halogens is 2. The Balaban J connectivity index is 1.84. The number of carbonyl (C=O) groups excluding carboxylic acids is 2. The van der Waals surface area contributed by atoms with E-state index in [0.717, 1.165) is 27.6 Å². The number of rotatable bonds is 12. The molecule has 0 fully saturated rings. The summed E-state index contributed by atoms with van der Waals surface area (Å²) in [6.07, 6.45) is 1.23. The van der Waals surface area contributed by atoms with Crippen molar-refractivity contribution in [3.05, 3.63) is 106 Å². The molecule has 0 unspecified atom stereocenters. The minimum atomic E-state index is -0.649. The second kappa shape index (κ2) is 14.2. The Morgan fingerprint density at radius 3 is 2.22 bits per heavy atom. The van der Waals surface area contributed by atoms with E-state index in [4.69, 9.17) is 0 Å². The highest BCUT2D eigenvalue weighted by molar-refractivity contribution is 9.10. The van der Waals surface area contributed by atoms with Gasteiger partial charge in [0.2, 0.25) is 11.8 Å². The van der Waals surface area contributed by atoms with Crippen molar-refractivity contribution < 1.29 is 14.0 Å². The van der Waals surface area contributed by atoms with Gasteiger partial charge in [0.15, 0.2) is 0 Å². The molecular weight excluding hydrogens is 539 g/mol. The first-order valence-corrected chi connectivity index (χ1v) is 14.0. The lowest BCUT2D eigenvalue weighted by atomic mass is 10.0. The Hall–Kier alpha value is -2.64. The maximum Gasteiger partial charge on any atom is 0.243 e. The molecule has 0 aliphatic heterocycles. The Kier molecular flexibility index (Phi) is 11.0. The Labute approximate surface area is 225 Å². The molecule has 0 saturated heterocycles. The van der Waals surface area contributed by atoms with E-state index in [1.165, 1.54) is 23.9 Å². The molecule has 4 nitrogen and oxygen atoms in total. The van der Waals surface area contributed by atoms with E-state index in [9.17, 15) is 14.0 Å². The van der Waals surface area contributed by atoms with Gasteiger partial charge >= 0.3 is 0 Å². The predicted octanol–water partition coefficient (Wildman–Crippen LogP) is 6.38. The zero-order valence-electron chi connectivity index (χ0n) is 20.6. The molecule has 2 atom stereocenters. The maximum absolute atomic E-state index is 13.6. The van der Waals surface area contributed by atoms with Crippen molar-refractivity contribution in [2.24, 2.45) is 0 Å². The zero-order chi connectivity index (χ0) is 25.9. The van der Waals surface area contributed by atoms with Crippen LogP contribution in [-0.4, -0.2) is 34.6 Å². The Bertz CT molecular complexity index is 1110. The van der Waals surface area contributed by atoms with Gasteiger partial charge in [-0.05, 0) is 54.3 Å². The number of hydrogen-bond donors (Lipinski definition) is 1. The van der Waals surface area contributed by atoms with E-state index in [0.29, 0.717) is 18.7 Å². The summed E-state index contributed by atoms with van der Waals surface area (Å²) in [5.74, 6) is 0.264. The third-order valence-electron chi connectivity index (χ3n) is 5.95. The summed E-state index contributed by atoms with van der Waals surface area (Å²) in [7, 11) is 0. The summed E-state index contributed by atoms with van der Waals surface area (Å²) in [5, 5.41) is 3.08. The van der Waals surface area contributed by atoms with Gasteiger partial charge in [0, 0.05) is 29.2 Å². The molecule has 0 saturated carbocycles. The van der Waals surface area contributed by atoms with Crippen LogP contribution in [0.4, 0.5) is 4.39 Å². The Morgan fingerprint density at radius 1 is 0.944 bits per heavy atom. The van der Waals surface area contributed by atoms with Gasteiger partial charge in [0.1, 0.15) is 11.9 Å². The maximum atomic E-state index is 13.6. The molecule has 1 N–H and O–H groups in total. The van der Waals surface area contributed by atoms with Gasteiger partial charge in [-0.25, -0.2) is 4.39 Å². The van der Waals surface area contributed by atoms with E-state index >= 15 is 0 Å². The number of thioether (sulfide) groups is 1. The standard InChI is InChI=1S/C29H32BrFN2O2S/c1-3-21(2)32-29(35)27(17-22-7-5-4-6-8-22)33(18-23-9-13-25(30)14-10-23)28(34)20-36-19-24-11-15-26(31)16-12-24/h4-16,21,27H,3,17-20H2,1-2H3,(H,32,35)/t21-,27+/m0/s1. The van der Waals surface area contributed by atoms with Crippen LogP contribution in [0, 0.1) is 5.82 Å². The molecule has 2 amide bonds. The van der Waals surface area contributed by atoms with Gasteiger partial charge in [0.25, 0.3) is 0 Å². The average molecular weight is 572 g/mol. The summed E-state index contributed by atoms with van der Waals surface area (Å²) in [4.78, 5) is 28.8. The van der Waals surface area contributed by atoms with Gasteiger partial charge in [-0.2, -0.15) is 0 Å². The van der Waals surface area contributed by atoms with Crippen molar-refractivity contribution in [3.63, 3.8) is 0 Å². The summed E-state index contributed by atoms with van der Waals surface area (Å²) in [5.41, 5.74) is 2.89. The highest BCUT2D eigenvalue weighted by atomic mass is 79.9. The summed E-state index contributed by atoms with van der Waals surface area (Å²) in [6, 6.07) is 23.2. The number of hydrogen-bond acceptors (Lipinski definition) is 3. The van der Waals surface area contributed by atoms with Crippen molar-refractivity contribution in [1.82, 2.24) is 10.2 Å². The van der Waals surface area contributed by atoms with Crippen LogP contribution in [0.25, 0.3) is 0 Å². The lowest BCUT2D eigenvalue weighted by Gasteiger charge is -2.32. The summed E-state index contributed by atoms with van der Waals surface area (Å²) >= 11 is 4.92. The Morgan fingerprint density at radius 2 is 1.58 bits per heavy atom. The number of carbonyl (C=O) groups is 2. The monoisotopic (exact) mass is 570 g/mol. The largest absolute Gasteiger partial charge is 0.352 e. The molecule has 0 aliphatic carbocycles. The van der Waals surface area contributed by atoms with E-state index in [2.05, 4.69) is 21.2 Å². The molecule has 36 heavy (non-hydrogen) atoms. The van der Waals surface area contributed by atoms with Crippen molar-refractivity contribution in [2.75, 3.05) is 5.75 Å². The van der Waals surface area contributed by atoms with E-state index in [1.807, 2.05) is 68.4 Å². The number of nitrogens with one attached hydrogen (secondary N) is 1. The highest BCUT2D eigenvalue weighted by Crippen LogP contribution is 2.20. The number of benzene rings is 3. The zero-order valence-corrected chi connectivity index (χ0v) is 23.0. The minimum absolute atomic E-state index is 0.00765. The first kappa shape index (κ1) is 27.9. The molecule has 0 radical (unpaired) electrons. The van der Waals surface area contributed by atoms with E-state index in [1.54, 1.807) is 17.0 Å². The van der Waals surface area contributed by atoms with E-state index in [-0.39, 0.29) is 29.4 Å². The molecule has 0 spiro atoms. The fourth-order valence-electron chi connectivity index (χ4n) is 3.70. The van der Waals surface area contributed by atoms with Gasteiger partial charge in [-0.15, -0.1) is 11.8 Å². The van der Waals surface area contributed by atoms with E-state index < -0.39 is 6.04 Å². The fraction of sp³-hybridized carbons (Fsp3) is 0.310. The van der Waals surface area contributed by atoms with Gasteiger partial charge in [-0.1, -0.05) is 77.5 Å². The molecular formula is C29H32BrFN2O2S. The van der Waals surface area contributed by atoms with Crippen LogP contribution in [0.15, 0.2) is 83.3 Å². The average Bonchev–Trinajstić information content (AvgIpc) is 2.88. The molecule has 3 aromatic carbocycles. The number of amides is 2. The first-order valence-electron chi connectivity index (χ1n) is 12.1. The predicted molar refractivity (Wildman–Crippen MR) is 149 cm³/mol. The second-order valence-electron chi connectivity index (χ2n) is 8.79. The number of nitrogens with zero attached hydrogens (tertiary/aromatic N) is 1. The molecule has 0 heterocycles. The smallest absolute Gasteiger partial charge is 0.243 e. The van der Waals surface area contributed by atoms with Gasteiger partial charge < -0.3 is 10.2 Å². The third kappa shape index (κ3) is 8.79. The van der Waals surface area contributed by atoms with Gasteiger partial charge in [-0.3, -0.25) is 9.59 Å². The lowest BCUT2D eigenvalue weighted by Crippen LogP contribution is -2.52. The molecule has 3 rings (SSSR count). The van der Waals surface area contributed by atoms with Crippen LogP contribution in [-0.2, 0) is 28.3 Å². The summed E-state index contributed by atoms with van der Waals surface area (Å²) < 4.78 is 14.2. The van der Waals surface area contributed by atoms with Crippen molar-refractivity contribution in [2.45, 2.75) is 51.1 Å². The second-order valence-corrected chi connectivity index (χ2v) is 10.7. The normalized spacial score (nSPS) is 12.6. The van der Waals surface area contributed by atoms with Crippen LogP contribution in [0.1, 0.15) is 37.0 Å². The first-order chi connectivity index (χ1) is 17.4. The topological polar surface area (TPSA) is 49.4 Å². The van der Waals surface area contributed by atoms with Crippen LogP contribution in [0.5, 0.6) is 0 Å². The van der Waals surface area contributed by atoms with Crippen LogP contribution in [0.3, 0.4) is 0 Å². The molecule has 0 bridgehead atoms. The third-order valence-corrected chi connectivity index (χ3v) is 7.46. The van der Waals surface area contributed by atoms with Crippen LogP contribution < -0.4 is 5.32 Å². The van der Waals surface area contributed by atoms with Gasteiger partial charge in [0.05, 0.1) is 5.75 Å². The molecule has 0 aliphatic rings. The highest BCUT2D eigenvalue weighted by Gasteiger charge is 2.30. The molecule has 7 heteroatoms. The lowest BCUT2D eigenvalue weighted by molar-refractivity contribution is -0.139. The van der Waals surface area contributed by atoms with Crippen molar-refractivity contribution in [3.8, 4) is 0 Å². The van der Waals surface area contributed by atoms with Crippen LogP contribution in [0.2, 0.25) is 0 Å². The minimum Gasteiger partial charge on any atom is -0.352 e.